The van der Waals surface area contributed by atoms with Gasteiger partial charge in [0.2, 0.25) is 0 Å². The fraction of sp³-hybridized carbons (Fsp3) is 0.125. The van der Waals surface area contributed by atoms with Crippen LogP contribution in [-0.4, -0.2) is 35.9 Å². The van der Waals surface area contributed by atoms with Crippen LogP contribution < -0.4 is 5.32 Å². The van der Waals surface area contributed by atoms with Crippen LogP contribution in [-0.2, 0) is 6.18 Å². The lowest BCUT2D eigenvalue weighted by atomic mass is 10.1. The van der Waals surface area contributed by atoms with E-state index in [0.717, 1.165) is 12.1 Å². The molecule has 11 heteroatoms. The minimum Gasteiger partial charge on any atom is -0.478 e. The maximum absolute atomic E-state index is 12.8. The summed E-state index contributed by atoms with van der Waals surface area (Å²) in [5.74, 6) is -1.14. The zero-order valence-electron chi connectivity index (χ0n) is 13.4. The van der Waals surface area contributed by atoms with Gasteiger partial charge in [0.15, 0.2) is 12.0 Å². The van der Waals surface area contributed by atoms with Gasteiger partial charge in [-0.25, -0.2) is 9.78 Å². The molecule has 0 radical (unpaired) electrons. The van der Waals surface area contributed by atoms with Gasteiger partial charge in [-0.3, -0.25) is 4.57 Å². The van der Waals surface area contributed by atoms with Crippen LogP contribution in [0.25, 0.3) is 5.82 Å². The smallest absolute Gasteiger partial charge is 0.416 e. The van der Waals surface area contributed by atoms with Crippen molar-refractivity contribution in [2.45, 2.75) is 12.4 Å². The van der Waals surface area contributed by atoms with E-state index >= 15 is 0 Å². The molecule has 3 N–H and O–H groups in total. The number of aromatic carboxylic acids is 1. The number of anilines is 1. The quantitative estimate of drug-likeness (QED) is 0.584. The normalized spacial score (nSPS) is 12.6. The van der Waals surface area contributed by atoms with E-state index in [1.807, 2.05) is 0 Å². The number of hydrogen-bond acceptors (Lipinski definition) is 6. The van der Waals surface area contributed by atoms with Gasteiger partial charge in [-0.15, -0.1) is 10.2 Å². The third kappa shape index (κ3) is 4.03. The number of carbonyl (C=O) groups is 1. The van der Waals surface area contributed by atoms with Gasteiger partial charge in [0.1, 0.15) is 12.0 Å². The van der Waals surface area contributed by atoms with E-state index in [2.05, 4.69) is 20.5 Å². The van der Waals surface area contributed by atoms with Crippen LogP contribution in [0.3, 0.4) is 0 Å². The Morgan fingerprint density at radius 3 is 2.52 bits per heavy atom. The van der Waals surface area contributed by atoms with Gasteiger partial charge in [0.25, 0.3) is 0 Å². The molecular weight excluding hydrogens is 367 g/mol. The standard InChI is InChI=1S/C16H12F3N5O3/c17-16(18,19)9-1-2-11(10(7-9)15(26)27)21-14(25)12-3-4-13(23-22-12)24-6-5-20-8-24/h1-8,14,21,25H,(H,26,27). The van der Waals surface area contributed by atoms with Crippen molar-refractivity contribution in [3.63, 3.8) is 0 Å². The van der Waals surface area contributed by atoms with Gasteiger partial charge in [-0.2, -0.15) is 13.2 Å². The Bertz CT molecular complexity index is 943. The largest absolute Gasteiger partial charge is 0.478 e. The van der Waals surface area contributed by atoms with Crippen LogP contribution in [0.15, 0.2) is 49.1 Å². The highest BCUT2D eigenvalue weighted by Gasteiger charge is 2.32. The first-order chi connectivity index (χ1) is 12.8. The number of imidazole rings is 1. The maximum Gasteiger partial charge on any atom is 0.416 e. The Balaban J connectivity index is 1.83. The second kappa shape index (κ2) is 7.03. The molecule has 0 saturated heterocycles. The van der Waals surface area contributed by atoms with Gasteiger partial charge in [0, 0.05) is 12.4 Å². The molecule has 1 aromatic carbocycles. The van der Waals surface area contributed by atoms with Crippen LogP contribution in [0.5, 0.6) is 0 Å². The molecule has 27 heavy (non-hydrogen) atoms. The van der Waals surface area contributed by atoms with Crippen molar-refractivity contribution >= 4 is 11.7 Å². The topological polar surface area (TPSA) is 113 Å². The number of aliphatic hydroxyl groups excluding tert-OH is 1. The Labute approximate surface area is 149 Å². The van der Waals surface area contributed by atoms with Crippen molar-refractivity contribution < 1.29 is 28.2 Å². The lowest BCUT2D eigenvalue weighted by molar-refractivity contribution is -0.137. The summed E-state index contributed by atoms with van der Waals surface area (Å²) in [4.78, 5) is 15.1. The SMILES string of the molecule is O=C(O)c1cc(C(F)(F)F)ccc1NC(O)c1ccc(-n2ccnc2)nn1. The Morgan fingerprint density at radius 1 is 1.19 bits per heavy atom. The van der Waals surface area contributed by atoms with E-state index in [-0.39, 0.29) is 11.4 Å². The van der Waals surface area contributed by atoms with Gasteiger partial charge >= 0.3 is 12.1 Å². The first-order valence-electron chi connectivity index (χ1n) is 7.47. The molecule has 0 aliphatic heterocycles. The molecule has 3 rings (SSSR count). The predicted molar refractivity (Wildman–Crippen MR) is 86.1 cm³/mol. The van der Waals surface area contributed by atoms with Crippen LogP contribution in [0.4, 0.5) is 18.9 Å². The van der Waals surface area contributed by atoms with E-state index < -0.39 is 29.5 Å². The van der Waals surface area contributed by atoms with Gasteiger partial charge < -0.3 is 15.5 Å². The monoisotopic (exact) mass is 379 g/mol. The molecule has 0 bridgehead atoms. The van der Waals surface area contributed by atoms with Crippen LogP contribution in [0, 0.1) is 0 Å². The van der Waals surface area contributed by atoms with Crippen molar-refractivity contribution in [2.75, 3.05) is 5.32 Å². The fourth-order valence-corrected chi connectivity index (χ4v) is 2.26. The van der Waals surface area contributed by atoms with E-state index in [4.69, 9.17) is 5.11 Å². The molecule has 1 atom stereocenters. The zero-order valence-corrected chi connectivity index (χ0v) is 13.4. The molecule has 0 spiro atoms. The Morgan fingerprint density at radius 2 is 1.96 bits per heavy atom. The number of halogens is 3. The molecule has 0 fully saturated rings. The summed E-state index contributed by atoms with van der Waals surface area (Å²) in [5.41, 5.74) is -1.88. The lowest BCUT2D eigenvalue weighted by Crippen LogP contribution is -2.16. The number of nitrogens with one attached hydrogen (secondary N) is 1. The van der Waals surface area contributed by atoms with Crippen molar-refractivity contribution in [3.05, 3.63) is 65.9 Å². The summed E-state index contributed by atoms with van der Waals surface area (Å²) in [5, 5.41) is 29.5. The average molecular weight is 379 g/mol. The van der Waals surface area contributed by atoms with E-state index in [9.17, 15) is 23.1 Å². The molecule has 140 valence electrons. The van der Waals surface area contributed by atoms with Crippen molar-refractivity contribution in [3.8, 4) is 5.82 Å². The number of carboxylic acid groups (broad SMARTS) is 1. The lowest BCUT2D eigenvalue weighted by Gasteiger charge is -2.16. The summed E-state index contributed by atoms with van der Waals surface area (Å²) in [6.07, 6.45) is -1.48. The van der Waals surface area contributed by atoms with Crippen LogP contribution in [0.1, 0.15) is 27.8 Å². The fourth-order valence-electron chi connectivity index (χ4n) is 2.26. The number of hydrogen-bond donors (Lipinski definition) is 3. The summed E-state index contributed by atoms with van der Waals surface area (Å²) in [6.45, 7) is 0. The highest BCUT2D eigenvalue weighted by atomic mass is 19.4. The second-order valence-corrected chi connectivity index (χ2v) is 5.40. The Kier molecular flexibility index (Phi) is 4.77. The van der Waals surface area contributed by atoms with Crippen molar-refractivity contribution in [1.82, 2.24) is 19.7 Å². The summed E-state index contributed by atoms with van der Waals surface area (Å²) < 4.78 is 39.9. The summed E-state index contributed by atoms with van der Waals surface area (Å²) >= 11 is 0. The second-order valence-electron chi connectivity index (χ2n) is 5.40. The molecule has 0 aliphatic carbocycles. The molecule has 3 aromatic rings. The van der Waals surface area contributed by atoms with E-state index in [1.54, 1.807) is 23.0 Å². The number of carboxylic acids is 1. The van der Waals surface area contributed by atoms with E-state index in [0.29, 0.717) is 11.9 Å². The summed E-state index contributed by atoms with van der Waals surface area (Å²) in [6, 6.07) is 5.12. The number of benzene rings is 1. The van der Waals surface area contributed by atoms with Gasteiger partial charge in [-0.1, -0.05) is 0 Å². The molecule has 0 saturated carbocycles. The van der Waals surface area contributed by atoms with Crippen molar-refractivity contribution in [2.24, 2.45) is 0 Å². The third-order valence-electron chi connectivity index (χ3n) is 3.59. The number of aromatic nitrogens is 4. The van der Waals surface area contributed by atoms with E-state index in [1.165, 1.54) is 12.4 Å². The number of alkyl halides is 3. The maximum atomic E-state index is 12.8. The Hall–Kier alpha value is -3.47. The highest BCUT2D eigenvalue weighted by Crippen LogP contribution is 2.32. The van der Waals surface area contributed by atoms with Gasteiger partial charge in [-0.05, 0) is 30.3 Å². The first-order valence-corrected chi connectivity index (χ1v) is 7.47. The number of aliphatic hydroxyl groups is 1. The average Bonchev–Trinajstić information content (AvgIpc) is 3.15. The number of nitrogens with zero attached hydrogens (tertiary/aromatic N) is 4. The molecule has 1 unspecified atom stereocenters. The first kappa shape index (κ1) is 18.3. The highest BCUT2D eigenvalue weighted by molar-refractivity contribution is 5.94. The molecular formula is C16H12F3N5O3. The predicted octanol–water partition coefficient (Wildman–Crippen LogP) is 2.48. The molecule has 2 aromatic heterocycles. The zero-order chi connectivity index (χ0) is 19.6. The minimum absolute atomic E-state index is 0.0510. The van der Waals surface area contributed by atoms with Crippen molar-refractivity contribution in [1.29, 1.82) is 0 Å². The number of rotatable bonds is 5. The molecule has 0 amide bonds. The molecule has 2 heterocycles. The minimum atomic E-state index is -4.68. The summed E-state index contributed by atoms with van der Waals surface area (Å²) in [7, 11) is 0. The molecule has 0 aliphatic rings. The van der Waals surface area contributed by atoms with Crippen LogP contribution >= 0.6 is 0 Å². The van der Waals surface area contributed by atoms with Gasteiger partial charge in [0.05, 0.1) is 16.8 Å². The molecule has 8 nitrogen and oxygen atoms in total. The van der Waals surface area contributed by atoms with Crippen LogP contribution in [0.2, 0.25) is 0 Å². The third-order valence-corrected chi connectivity index (χ3v) is 3.59.